The SMILES string of the molecule is CC(NC1CCC(c2ccccc2)CC1)c1nncn1C. The van der Waals surface area contributed by atoms with Crippen LogP contribution in [0.3, 0.4) is 0 Å². The molecule has 2 aromatic rings. The molecule has 1 aromatic heterocycles. The second kappa shape index (κ2) is 6.39. The first-order chi connectivity index (χ1) is 10.2. The van der Waals surface area contributed by atoms with Crippen molar-refractivity contribution in [3.63, 3.8) is 0 Å². The number of nitrogens with one attached hydrogen (secondary N) is 1. The van der Waals surface area contributed by atoms with E-state index >= 15 is 0 Å². The van der Waals surface area contributed by atoms with E-state index in [1.54, 1.807) is 6.33 Å². The van der Waals surface area contributed by atoms with E-state index < -0.39 is 0 Å². The molecule has 1 fully saturated rings. The fourth-order valence-electron chi connectivity index (χ4n) is 3.43. The lowest BCUT2D eigenvalue weighted by molar-refractivity contribution is 0.316. The molecule has 1 heterocycles. The predicted octanol–water partition coefficient (Wildman–Crippen LogP) is 3.19. The molecule has 1 atom stereocenters. The van der Waals surface area contributed by atoms with Gasteiger partial charge in [-0.3, -0.25) is 0 Å². The summed E-state index contributed by atoms with van der Waals surface area (Å²) < 4.78 is 1.99. The van der Waals surface area contributed by atoms with E-state index in [1.807, 2.05) is 11.6 Å². The number of aryl methyl sites for hydroxylation is 1. The van der Waals surface area contributed by atoms with Gasteiger partial charge in [0.25, 0.3) is 0 Å². The number of aromatic nitrogens is 3. The highest BCUT2D eigenvalue weighted by molar-refractivity contribution is 5.20. The number of rotatable bonds is 4. The van der Waals surface area contributed by atoms with E-state index in [1.165, 1.54) is 31.2 Å². The molecule has 0 bridgehead atoms. The van der Waals surface area contributed by atoms with Gasteiger partial charge in [0.15, 0.2) is 0 Å². The molecular formula is C17H24N4. The van der Waals surface area contributed by atoms with Gasteiger partial charge in [0.2, 0.25) is 0 Å². The summed E-state index contributed by atoms with van der Waals surface area (Å²) in [5, 5.41) is 11.9. The molecule has 1 aromatic carbocycles. The van der Waals surface area contributed by atoms with Crippen LogP contribution in [0.15, 0.2) is 36.7 Å². The molecule has 1 unspecified atom stereocenters. The molecule has 0 spiro atoms. The quantitative estimate of drug-likeness (QED) is 0.937. The Labute approximate surface area is 126 Å². The van der Waals surface area contributed by atoms with Gasteiger partial charge in [-0.05, 0) is 44.1 Å². The Morgan fingerprint density at radius 2 is 1.86 bits per heavy atom. The molecule has 21 heavy (non-hydrogen) atoms. The summed E-state index contributed by atoms with van der Waals surface area (Å²) in [5.41, 5.74) is 1.50. The first kappa shape index (κ1) is 14.3. The van der Waals surface area contributed by atoms with E-state index in [4.69, 9.17) is 0 Å². The lowest BCUT2D eigenvalue weighted by Gasteiger charge is -2.31. The normalized spacial score (nSPS) is 23.9. The average molecular weight is 284 g/mol. The molecule has 112 valence electrons. The van der Waals surface area contributed by atoms with Crippen molar-refractivity contribution < 1.29 is 0 Å². The van der Waals surface area contributed by atoms with Crippen LogP contribution in [0.1, 0.15) is 56.0 Å². The lowest BCUT2D eigenvalue weighted by atomic mass is 9.81. The number of benzene rings is 1. The van der Waals surface area contributed by atoms with Gasteiger partial charge < -0.3 is 9.88 Å². The Kier molecular flexibility index (Phi) is 4.34. The molecule has 4 nitrogen and oxygen atoms in total. The van der Waals surface area contributed by atoms with Crippen molar-refractivity contribution in [2.45, 2.75) is 50.6 Å². The van der Waals surface area contributed by atoms with E-state index in [9.17, 15) is 0 Å². The van der Waals surface area contributed by atoms with Crippen LogP contribution < -0.4 is 5.32 Å². The second-order valence-electron chi connectivity index (χ2n) is 6.15. The van der Waals surface area contributed by atoms with Crippen LogP contribution >= 0.6 is 0 Å². The van der Waals surface area contributed by atoms with E-state index in [0.717, 1.165) is 11.7 Å². The maximum absolute atomic E-state index is 4.19. The highest BCUT2D eigenvalue weighted by atomic mass is 15.3. The molecule has 0 aliphatic heterocycles. The second-order valence-corrected chi connectivity index (χ2v) is 6.15. The summed E-state index contributed by atoms with van der Waals surface area (Å²) in [4.78, 5) is 0. The molecule has 3 rings (SSSR count). The third kappa shape index (κ3) is 3.32. The first-order valence-electron chi connectivity index (χ1n) is 7.89. The maximum atomic E-state index is 4.19. The molecule has 1 aliphatic rings. The summed E-state index contributed by atoms with van der Waals surface area (Å²) in [5.74, 6) is 1.74. The van der Waals surface area contributed by atoms with Gasteiger partial charge in [-0.15, -0.1) is 10.2 Å². The monoisotopic (exact) mass is 284 g/mol. The minimum absolute atomic E-state index is 0.260. The minimum Gasteiger partial charge on any atom is -0.319 e. The average Bonchev–Trinajstić information content (AvgIpc) is 2.95. The van der Waals surface area contributed by atoms with Crippen LogP contribution in [-0.4, -0.2) is 20.8 Å². The van der Waals surface area contributed by atoms with Crippen molar-refractivity contribution in [2.75, 3.05) is 0 Å². The summed E-state index contributed by atoms with van der Waals surface area (Å²) in [6, 6.07) is 11.8. The summed E-state index contributed by atoms with van der Waals surface area (Å²) >= 11 is 0. The largest absolute Gasteiger partial charge is 0.319 e. The summed E-state index contributed by atoms with van der Waals surface area (Å²) in [7, 11) is 2.00. The number of hydrogen-bond acceptors (Lipinski definition) is 3. The Morgan fingerprint density at radius 3 is 2.48 bits per heavy atom. The zero-order valence-corrected chi connectivity index (χ0v) is 12.9. The molecule has 1 saturated carbocycles. The van der Waals surface area contributed by atoms with Gasteiger partial charge in [-0.25, -0.2) is 0 Å². The van der Waals surface area contributed by atoms with Crippen LogP contribution in [0.2, 0.25) is 0 Å². The molecular weight excluding hydrogens is 260 g/mol. The van der Waals surface area contributed by atoms with Gasteiger partial charge in [0, 0.05) is 13.1 Å². The van der Waals surface area contributed by atoms with Gasteiger partial charge in [0.05, 0.1) is 6.04 Å². The molecule has 1 N–H and O–H groups in total. The smallest absolute Gasteiger partial charge is 0.149 e. The highest BCUT2D eigenvalue weighted by Crippen LogP contribution is 2.33. The lowest BCUT2D eigenvalue weighted by Crippen LogP contribution is -2.35. The molecule has 0 radical (unpaired) electrons. The maximum Gasteiger partial charge on any atom is 0.149 e. The number of hydrogen-bond donors (Lipinski definition) is 1. The molecule has 1 aliphatic carbocycles. The minimum atomic E-state index is 0.260. The standard InChI is InChI=1S/C17H24N4/c1-13(17-20-18-12-21(17)2)19-16-10-8-15(9-11-16)14-6-4-3-5-7-14/h3-7,12-13,15-16,19H,8-11H2,1-2H3. The van der Waals surface area contributed by atoms with Crippen LogP contribution in [0.25, 0.3) is 0 Å². The molecule has 4 heteroatoms. The molecule has 0 amide bonds. The third-order valence-corrected chi connectivity index (χ3v) is 4.62. The number of nitrogens with zero attached hydrogens (tertiary/aromatic N) is 3. The van der Waals surface area contributed by atoms with E-state index in [2.05, 4.69) is 52.8 Å². The zero-order valence-electron chi connectivity index (χ0n) is 12.9. The third-order valence-electron chi connectivity index (χ3n) is 4.62. The molecule has 0 saturated heterocycles. The highest BCUT2D eigenvalue weighted by Gasteiger charge is 2.24. The Balaban J connectivity index is 1.53. The topological polar surface area (TPSA) is 42.7 Å². The van der Waals surface area contributed by atoms with Gasteiger partial charge >= 0.3 is 0 Å². The van der Waals surface area contributed by atoms with Crippen molar-refractivity contribution in [2.24, 2.45) is 7.05 Å². The predicted molar refractivity (Wildman–Crippen MR) is 84.0 cm³/mol. The van der Waals surface area contributed by atoms with Crippen LogP contribution in [0, 0.1) is 0 Å². The van der Waals surface area contributed by atoms with Crippen molar-refractivity contribution in [3.05, 3.63) is 48.0 Å². The van der Waals surface area contributed by atoms with Gasteiger partial charge in [0.1, 0.15) is 12.2 Å². The fraction of sp³-hybridized carbons (Fsp3) is 0.529. The fourth-order valence-corrected chi connectivity index (χ4v) is 3.43. The van der Waals surface area contributed by atoms with Crippen LogP contribution in [0.5, 0.6) is 0 Å². The van der Waals surface area contributed by atoms with Gasteiger partial charge in [-0.1, -0.05) is 30.3 Å². The Morgan fingerprint density at radius 1 is 1.14 bits per heavy atom. The van der Waals surface area contributed by atoms with Crippen molar-refractivity contribution >= 4 is 0 Å². The van der Waals surface area contributed by atoms with Crippen molar-refractivity contribution in [1.29, 1.82) is 0 Å². The summed E-state index contributed by atoms with van der Waals surface area (Å²) in [6.45, 7) is 2.17. The van der Waals surface area contributed by atoms with E-state index in [-0.39, 0.29) is 6.04 Å². The van der Waals surface area contributed by atoms with Crippen molar-refractivity contribution in [1.82, 2.24) is 20.1 Å². The van der Waals surface area contributed by atoms with Crippen molar-refractivity contribution in [3.8, 4) is 0 Å². The van der Waals surface area contributed by atoms with E-state index in [0.29, 0.717) is 6.04 Å². The summed E-state index contributed by atoms with van der Waals surface area (Å²) in [6.07, 6.45) is 6.78. The van der Waals surface area contributed by atoms with Gasteiger partial charge in [-0.2, -0.15) is 0 Å². The Bertz CT molecular complexity index is 555. The first-order valence-corrected chi connectivity index (χ1v) is 7.89. The van der Waals surface area contributed by atoms with Crippen LogP contribution in [-0.2, 0) is 7.05 Å². The van der Waals surface area contributed by atoms with Crippen LogP contribution in [0.4, 0.5) is 0 Å². The zero-order chi connectivity index (χ0) is 14.7. The Hall–Kier alpha value is -1.68.